The molecule has 1 fully saturated rings. The van der Waals surface area contributed by atoms with E-state index in [1.807, 2.05) is 32.3 Å². The van der Waals surface area contributed by atoms with E-state index < -0.39 is 6.10 Å². The molecule has 1 aliphatic rings. The van der Waals surface area contributed by atoms with Crippen molar-refractivity contribution in [1.29, 1.82) is 0 Å². The van der Waals surface area contributed by atoms with E-state index in [1.54, 1.807) is 0 Å². The van der Waals surface area contributed by atoms with Crippen molar-refractivity contribution >= 4 is 0 Å². The molecule has 1 aromatic heterocycles. The van der Waals surface area contributed by atoms with E-state index in [-0.39, 0.29) is 0 Å². The van der Waals surface area contributed by atoms with E-state index in [0.717, 1.165) is 37.2 Å². The maximum Gasteiger partial charge on any atom is 0.122 e. The lowest BCUT2D eigenvalue weighted by atomic mass is 9.91. The number of aryl methyl sites for hydroxylation is 2. The fourth-order valence-electron chi connectivity index (χ4n) is 3.33. The Morgan fingerprint density at radius 3 is 2.83 bits per heavy atom. The van der Waals surface area contributed by atoms with E-state index in [1.165, 1.54) is 11.1 Å². The number of aliphatic hydroxyl groups is 1. The van der Waals surface area contributed by atoms with Crippen molar-refractivity contribution in [3.8, 4) is 5.75 Å². The summed E-state index contributed by atoms with van der Waals surface area (Å²) in [6, 6.07) is 6.15. The summed E-state index contributed by atoms with van der Waals surface area (Å²) in [5.74, 6) is 1.45. The van der Waals surface area contributed by atoms with Gasteiger partial charge in [0.2, 0.25) is 0 Å². The molecule has 5 heteroatoms. The highest BCUT2D eigenvalue weighted by molar-refractivity contribution is 5.35. The van der Waals surface area contributed by atoms with Crippen LogP contribution in [0.2, 0.25) is 0 Å². The molecule has 2 N–H and O–H groups in total. The number of aromatic amines is 1. The molecule has 130 valence electrons. The van der Waals surface area contributed by atoms with E-state index in [2.05, 4.69) is 27.2 Å². The lowest BCUT2D eigenvalue weighted by Gasteiger charge is -2.32. The topological polar surface area (TPSA) is 61.4 Å². The van der Waals surface area contributed by atoms with E-state index >= 15 is 0 Å². The van der Waals surface area contributed by atoms with Gasteiger partial charge in [0.1, 0.15) is 18.5 Å². The molecule has 0 saturated carbocycles. The molecule has 0 unspecified atom stereocenters. The summed E-state index contributed by atoms with van der Waals surface area (Å²) in [6.45, 7) is 7.11. The second kappa shape index (κ2) is 7.81. The second-order valence-corrected chi connectivity index (χ2v) is 6.84. The molecule has 0 bridgehead atoms. The van der Waals surface area contributed by atoms with Crippen LogP contribution in [0.15, 0.2) is 30.6 Å². The molecule has 0 aliphatic carbocycles. The van der Waals surface area contributed by atoms with Gasteiger partial charge < -0.3 is 14.7 Å². The number of rotatable bonds is 6. The molecule has 1 atom stereocenters. The van der Waals surface area contributed by atoms with Crippen molar-refractivity contribution in [3.63, 3.8) is 0 Å². The van der Waals surface area contributed by atoms with Crippen LogP contribution in [0, 0.1) is 13.8 Å². The van der Waals surface area contributed by atoms with Gasteiger partial charge in [-0.1, -0.05) is 12.1 Å². The van der Waals surface area contributed by atoms with Crippen molar-refractivity contribution in [2.45, 2.75) is 38.7 Å². The van der Waals surface area contributed by atoms with Crippen molar-refractivity contribution in [1.82, 2.24) is 15.1 Å². The molecule has 5 nitrogen and oxygen atoms in total. The van der Waals surface area contributed by atoms with Crippen molar-refractivity contribution < 1.29 is 9.84 Å². The summed E-state index contributed by atoms with van der Waals surface area (Å²) in [4.78, 5) is 2.33. The molecule has 1 aliphatic heterocycles. The Bertz CT molecular complexity index is 634. The number of hydrogen-bond acceptors (Lipinski definition) is 4. The van der Waals surface area contributed by atoms with Crippen LogP contribution in [0.4, 0.5) is 0 Å². The van der Waals surface area contributed by atoms with Gasteiger partial charge in [-0.2, -0.15) is 5.10 Å². The third-order valence-electron chi connectivity index (χ3n) is 4.82. The Morgan fingerprint density at radius 2 is 2.12 bits per heavy atom. The first-order chi connectivity index (χ1) is 11.6. The first kappa shape index (κ1) is 17.0. The van der Waals surface area contributed by atoms with E-state index in [4.69, 9.17) is 4.74 Å². The Labute approximate surface area is 143 Å². The Balaban J connectivity index is 1.43. The van der Waals surface area contributed by atoms with Crippen LogP contribution in [-0.4, -0.2) is 52.5 Å². The van der Waals surface area contributed by atoms with Crippen LogP contribution in [0.25, 0.3) is 0 Å². The fraction of sp³-hybridized carbons (Fsp3) is 0.526. The van der Waals surface area contributed by atoms with Crippen LogP contribution < -0.4 is 4.74 Å². The Morgan fingerprint density at radius 1 is 1.33 bits per heavy atom. The van der Waals surface area contributed by atoms with Crippen molar-refractivity contribution in [2.24, 2.45) is 0 Å². The highest BCUT2D eigenvalue weighted by atomic mass is 16.5. The van der Waals surface area contributed by atoms with Gasteiger partial charge in [-0.25, -0.2) is 0 Å². The zero-order valence-corrected chi connectivity index (χ0v) is 14.5. The first-order valence-corrected chi connectivity index (χ1v) is 8.71. The van der Waals surface area contributed by atoms with Crippen LogP contribution in [-0.2, 0) is 0 Å². The van der Waals surface area contributed by atoms with Crippen molar-refractivity contribution in [2.75, 3.05) is 26.2 Å². The maximum atomic E-state index is 10.3. The highest BCUT2D eigenvalue weighted by Gasteiger charge is 2.22. The molecule has 0 spiro atoms. The third kappa shape index (κ3) is 4.36. The number of benzene rings is 1. The number of piperidine rings is 1. The fourth-order valence-corrected chi connectivity index (χ4v) is 3.33. The molecular formula is C19H27N3O2. The number of β-amino-alcohol motifs (C(OH)–C–C–N with tert-alkyl or cyclic N) is 1. The molecule has 2 aromatic rings. The summed E-state index contributed by atoms with van der Waals surface area (Å²) in [6.07, 6.45) is 5.68. The standard InChI is InChI=1S/C19H27N3O2/c1-14-3-4-15(2)19(9-14)24-13-18(23)12-22-7-5-16(6-8-22)17-10-20-21-11-17/h3-4,9-11,16,18,23H,5-8,12-13H2,1-2H3,(H,20,21)/t18-/m1/s1. The molecular weight excluding hydrogens is 302 g/mol. The van der Waals surface area contributed by atoms with Gasteiger partial charge in [-0.15, -0.1) is 0 Å². The number of ether oxygens (including phenoxy) is 1. The quantitative estimate of drug-likeness (QED) is 0.855. The lowest BCUT2D eigenvalue weighted by Crippen LogP contribution is -2.40. The Kier molecular flexibility index (Phi) is 5.53. The zero-order chi connectivity index (χ0) is 16.9. The summed E-state index contributed by atoms with van der Waals surface area (Å²) < 4.78 is 5.81. The SMILES string of the molecule is Cc1ccc(C)c(OC[C@H](O)CN2CCC(c3cn[nH]c3)CC2)c1. The normalized spacial score (nSPS) is 17.8. The number of nitrogens with zero attached hydrogens (tertiary/aromatic N) is 2. The van der Waals surface area contributed by atoms with Crippen LogP contribution >= 0.6 is 0 Å². The van der Waals surface area contributed by atoms with E-state index in [9.17, 15) is 5.11 Å². The number of hydrogen-bond donors (Lipinski definition) is 2. The first-order valence-electron chi connectivity index (χ1n) is 8.71. The van der Waals surface area contributed by atoms with Gasteiger partial charge in [0.25, 0.3) is 0 Å². The minimum absolute atomic E-state index is 0.339. The van der Waals surface area contributed by atoms with Gasteiger partial charge in [-0.3, -0.25) is 5.10 Å². The zero-order valence-electron chi connectivity index (χ0n) is 14.5. The average molecular weight is 329 g/mol. The van der Waals surface area contributed by atoms with Gasteiger partial charge in [0.15, 0.2) is 0 Å². The van der Waals surface area contributed by atoms with Crippen LogP contribution in [0.3, 0.4) is 0 Å². The minimum atomic E-state index is -0.463. The number of aliphatic hydroxyl groups excluding tert-OH is 1. The average Bonchev–Trinajstić information content (AvgIpc) is 3.11. The van der Waals surface area contributed by atoms with Gasteiger partial charge in [-0.05, 0) is 68.5 Å². The number of likely N-dealkylation sites (tertiary alicyclic amines) is 1. The molecule has 3 rings (SSSR count). The minimum Gasteiger partial charge on any atom is -0.491 e. The van der Waals surface area contributed by atoms with E-state index in [0.29, 0.717) is 19.1 Å². The molecule has 24 heavy (non-hydrogen) atoms. The summed E-state index contributed by atoms with van der Waals surface area (Å²) in [7, 11) is 0. The maximum absolute atomic E-state index is 10.3. The summed E-state index contributed by atoms with van der Waals surface area (Å²) in [5.41, 5.74) is 3.58. The summed E-state index contributed by atoms with van der Waals surface area (Å²) in [5, 5.41) is 17.2. The molecule has 2 heterocycles. The third-order valence-corrected chi connectivity index (χ3v) is 4.82. The van der Waals surface area contributed by atoms with Gasteiger partial charge >= 0.3 is 0 Å². The number of H-pyrrole nitrogens is 1. The smallest absolute Gasteiger partial charge is 0.122 e. The van der Waals surface area contributed by atoms with Crippen LogP contribution in [0.1, 0.15) is 35.4 Å². The monoisotopic (exact) mass is 329 g/mol. The predicted octanol–water partition coefficient (Wildman–Crippen LogP) is 2.65. The summed E-state index contributed by atoms with van der Waals surface area (Å²) >= 11 is 0. The second-order valence-electron chi connectivity index (χ2n) is 6.84. The van der Waals surface area contributed by atoms with Gasteiger partial charge in [0, 0.05) is 12.7 Å². The molecule has 0 radical (unpaired) electrons. The van der Waals surface area contributed by atoms with Gasteiger partial charge in [0.05, 0.1) is 6.20 Å². The Hall–Kier alpha value is -1.85. The molecule has 1 saturated heterocycles. The largest absolute Gasteiger partial charge is 0.491 e. The lowest BCUT2D eigenvalue weighted by molar-refractivity contribution is 0.0592. The van der Waals surface area contributed by atoms with Crippen molar-refractivity contribution in [3.05, 3.63) is 47.3 Å². The van der Waals surface area contributed by atoms with Crippen LogP contribution in [0.5, 0.6) is 5.75 Å². The molecule has 0 amide bonds. The number of aromatic nitrogens is 2. The number of nitrogens with one attached hydrogen (secondary N) is 1. The predicted molar refractivity (Wildman–Crippen MR) is 94.4 cm³/mol. The highest BCUT2D eigenvalue weighted by Crippen LogP contribution is 2.27. The molecule has 1 aromatic carbocycles.